The molecule has 0 saturated carbocycles. The molecule has 35 heavy (non-hydrogen) atoms. The molecule has 16 heteroatoms. The number of rotatable bonds is 10. The smallest absolute Gasteiger partial charge is 0.471 e. The van der Waals surface area contributed by atoms with Gasteiger partial charge in [0.15, 0.2) is 12.3 Å². The van der Waals surface area contributed by atoms with E-state index < -0.39 is 53.7 Å². The van der Waals surface area contributed by atoms with Crippen LogP contribution in [0, 0.1) is 7.14 Å². The third-order valence-electron chi connectivity index (χ3n) is 3.73. The second-order valence-electron chi connectivity index (χ2n) is 6.33. The van der Waals surface area contributed by atoms with E-state index in [0.717, 1.165) is 37.0 Å². The zero-order chi connectivity index (χ0) is 26.2. The Morgan fingerprint density at radius 1 is 1.03 bits per heavy atom. The van der Waals surface area contributed by atoms with Crippen LogP contribution in [-0.4, -0.2) is 30.0 Å². The average Bonchev–Trinajstić information content (AvgIpc) is 2.73. The molecule has 7 nitrogen and oxygen atoms in total. The SMILES string of the molecule is CC(OC(=O)COc1ccc(/C(=N/OOOSC(F)(F)F)C(F)(F)F)cc1)c1cc(I)cc(I)c1. The topological polar surface area (TPSA) is 75.6 Å². The number of benzene rings is 2. The maximum absolute atomic E-state index is 13.2. The first-order valence-corrected chi connectivity index (χ1v) is 11.9. The van der Waals surface area contributed by atoms with Gasteiger partial charge in [0.25, 0.3) is 0 Å². The van der Waals surface area contributed by atoms with Gasteiger partial charge in [0.2, 0.25) is 0 Å². The zero-order valence-corrected chi connectivity index (χ0v) is 22.3. The maximum Gasteiger partial charge on any atom is 0.471 e. The Morgan fingerprint density at radius 2 is 1.63 bits per heavy atom. The van der Waals surface area contributed by atoms with Crippen LogP contribution in [0.15, 0.2) is 47.6 Å². The highest BCUT2D eigenvalue weighted by molar-refractivity contribution is 14.1. The third kappa shape index (κ3) is 11.0. The summed E-state index contributed by atoms with van der Waals surface area (Å²) in [5.74, 6) is -0.652. The Kier molecular flexibility index (Phi) is 11.2. The molecule has 1 unspecified atom stereocenters. The highest BCUT2D eigenvalue weighted by Crippen LogP contribution is 2.31. The van der Waals surface area contributed by atoms with Crippen molar-refractivity contribution in [3.05, 3.63) is 60.7 Å². The molecule has 0 bridgehead atoms. The van der Waals surface area contributed by atoms with E-state index in [4.69, 9.17) is 9.47 Å². The van der Waals surface area contributed by atoms with Crippen molar-refractivity contribution < 1.29 is 55.0 Å². The number of hydrogen-bond acceptors (Lipinski definition) is 8. The second-order valence-corrected chi connectivity index (χ2v) is 9.58. The predicted molar refractivity (Wildman–Crippen MR) is 128 cm³/mol. The monoisotopic (exact) mass is 751 g/mol. The number of hydrogen-bond donors (Lipinski definition) is 0. The summed E-state index contributed by atoms with van der Waals surface area (Å²) in [6.07, 6.45) is -5.60. The van der Waals surface area contributed by atoms with E-state index in [2.05, 4.69) is 64.7 Å². The number of nitrogens with zero attached hydrogens (tertiary/aromatic N) is 1. The van der Waals surface area contributed by atoms with Gasteiger partial charge in [-0.1, -0.05) is 0 Å². The fourth-order valence-corrected chi connectivity index (χ4v) is 4.46. The van der Waals surface area contributed by atoms with E-state index in [1.54, 1.807) is 6.92 Å². The summed E-state index contributed by atoms with van der Waals surface area (Å²) in [5.41, 5.74) is -6.22. The molecule has 0 spiro atoms. The van der Waals surface area contributed by atoms with Crippen LogP contribution >= 0.6 is 57.2 Å². The van der Waals surface area contributed by atoms with Crippen molar-refractivity contribution in [2.75, 3.05) is 6.61 Å². The molecule has 0 aliphatic carbocycles. The standard InChI is InChI=1S/C19H13F6I2NO6S/c1-10(12-6-13(26)8-14(27)7-12)31-16(29)9-30-15-4-2-11(3-5-15)17(18(20,21)22)28-32-33-34-35-19(23,24)25/h2-8,10H,9H2,1H3/b28-17-. The van der Waals surface area contributed by atoms with Gasteiger partial charge < -0.3 is 9.47 Å². The van der Waals surface area contributed by atoms with Crippen LogP contribution in [0.5, 0.6) is 5.75 Å². The molecule has 192 valence electrons. The van der Waals surface area contributed by atoms with Crippen molar-refractivity contribution in [2.45, 2.75) is 24.7 Å². The molecule has 0 aliphatic heterocycles. The molecule has 0 saturated heterocycles. The van der Waals surface area contributed by atoms with Crippen LogP contribution in [0.4, 0.5) is 26.3 Å². The van der Waals surface area contributed by atoms with E-state index >= 15 is 0 Å². The molecule has 0 N–H and O–H groups in total. The van der Waals surface area contributed by atoms with Crippen molar-refractivity contribution in [1.82, 2.24) is 0 Å². The fourth-order valence-electron chi connectivity index (χ4n) is 2.35. The van der Waals surface area contributed by atoms with Gasteiger partial charge in [-0.15, -0.1) is 4.33 Å². The van der Waals surface area contributed by atoms with Gasteiger partial charge in [-0.05, 0) is 105 Å². The Hall–Kier alpha value is -1.51. The summed E-state index contributed by atoms with van der Waals surface area (Å²) in [7, 11) is 0. The van der Waals surface area contributed by atoms with E-state index in [9.17, 15) is 31.1 Å². The largest absolute Gasteiger partial charge is 0.482 e. The van der Waals surface area contributed by atoms with Crippen LogP contribution in [0.2, 0.25) is 0 Å². The lowest BCUT2D eigenvalue weighted by Gasteiger charge is -2.15. The molecular formula is C19H13F6I2NO6S. The van der Waals surface area contributed by atoms with E-state index in [0.29, 0.717) is 0 Å². The summed E-state index contributed by atoms with van der Waals surface area (Å²) in [5, 5.41) is 6.11. The number of carbonyl (C=O) groups is 1. The van der Waals surface area contributed by atoms with Crippen molar-refractivity contribution in [2.24, 2.45) is 5.16 Å². The van der Waals surface area contributed by atoms with Gasteiger partial charge in [0, 0.05) is 17.7 Å². The molecule has 0 aliphatic rings. The third-order valence-corrected chi connectivity index (χ3v) is 5.29. The van der Waals surface area contributed by atoms with Gasteiger partial charge in [0.1, 0.15) is 23.9 Å². The molecule has 0 radical (unpaired) electrons. The van der Waals surface area contributed by atoms with Crippen LogP contribution < -0.4 is 4.74 Å². The molecule has 0 aromatic heterocycles. The number of halogens is 8. The van der Waals surface area contributed by atoms with Gasteiger partial charge in [-0.25, -0.2) is 4.79 Å². The quantitative estimate of drug-likeness (QED) is 0.0383. The van der Waals surface area contributed by atoms with Crippen molar-refractivity contribution in [1.29, 1.82) is 0 Å². The van der Waals surface area contributed by atoms with E-state index in [1.165, 1.54) is 0 Å². The number of ether oxygens (including phenoxy) is 2. The van der Waals surface area contributed by atoms with Crippen molar-refractivity contribution in [3.8, 4) is 5.75 Å². The lowest BCUT2D eigenvalue weighted by atomic mass is 10.1. The first-order valence-electron chi connectivity index (χ1n) is 9.03. The Morgan fingerprint density at radius 3 is 2.17 bits per heavy atom. The normalized spacial score (nSPS) is 13.3. The lowest BCUT2D eigenvalue weighted by molar-refractivity contribution is -0.464. The molecule has 0 amide bonds. The summed E-state index contributed by atoms with van der Waals surface area (Å²) in [6, 6.07) is 9.78. The van der Waals surface area contributed by atoms with E-state index in [1.807, 2.05) is 18.2 Å². The Labute approximate surface area is 225 Å². The molecule has 1 atom stereocenters. The number of carbonyl (C=O) groups excluding carboxylic acids is 1. The summed E-state index contributed by atoms with van der Waals surface area (Å²) >= 11 is 3.12. The zero-order valence-electron chi connectivity index (χ0n) is 17.2. The highest BCUT2D eigenvalue weighted by Gasteiger charge is 2.38. The first kappa shape index (κ1) is 29.7. The molecule has 2 aromatic rings. The first-order chi connectivity index (χ1) is 16.2. The van der Waals surface area contributed by atoms with Gasteiger partial charge >= 0.3 is 17.7 Å². The molecule has 2 aromatic carbocycles. The number of esters is 1. The van der Waals surface area contributed by atoms with Crippen LogP contribution in [0.25, 0.3) is 0 Å². The number of alkyl halides is 6. The maximum atomic E-state index is 13.2. The van der Waals surface area contributed by atoms with Gasteiger partial charge in [-0.3, -0.25) is 0 Å². The predicted octanol–water partition coefficient (Wildman–Crippen LogP) is 6.89. The highest BCUT2D eigenvalue weighted by atomic mass is 127. The summed E-state index contributed by atoms with van der Waals surface area (Å²) in [4.78, 5) is 15.8. The summed E-state index contributed by atoms with van der Waals surface area (Å²) < 4.78 is 91.1. The van der Waals surface area contributed by atoms with Gasteiger partial charge in [-0.2, -0.15) is 31.3 Å². The van der Waals surface area contributed by atoms with Gasteiger partial charge in [0.05, 0.1) is 0 Å². The molecule has 0 fully saturated rings. The number of oxime groups is 1. The molecule has 2 rings (SSSR count). The molecular weight excluding hydrogens is 738 g/mol. The average molecular weight is 751 g/mol. The Bertz CT molecular complexity index is 1020. The van der Waals surface area contributed by atoms with E-state index in [-0.39, 0.29) is 5.75 Å². The minimum atomic E-state index is -5.05. The minimum absolute atomic E-state index is 0.0470. The molecule has 0 heterocycles. The summed E-state index contributed by atoms with van der Waals surface area (Å²) in [6.45, 7) is 1.18. The van der Waals surface area contributed by atoms with Crippen LogP contribution in [0.3, 0.4) is 0 Å². The van der Waals surface area contributed by atoms with Crippen LogP contribution in [0.1, 0.15) is 24.2 Å². The Balaban J connectivity index is 1.93. The van der Waals surface area contributed by atoms with Crippen LogP contribution in [-0.2, 0) is 23.9 Å². The van der Waals surface area contributed by atoms with Crippen molar-refractivity contribution in [3.63, 3.8) is 0 Å². The second kappa shape index (κ2) is 13.2. The fraction of sp³-hybridized carbons (Fsp3) is 0.263. The van der Waals surface area contributed by atoms with Crippen molar-refractivity contribution >= 4 is 68.9 Å². The lowest BCUT2D eigenvalue weighted by Crippen LogP contribution is -2.24. The minimum Gasteiger partial charge on any atom is -0.482 e.